The van der Waals surface area contributed by atoms with Gasteiger partial charge in [0.2, 0.25) is 17.5 Å². The molecule has 15 heteroatoms. The number of allylic oxidation sites excluding steroid dienone is 2. The average molecular weight is 628 g/mol. The third-order valence-electron chi connectivity index (χ3n) is 6.32. The summed E-state index contributed by atoms with van der Waals surface area (Å²) in [4.78, 5) is 49.6. The molecule has 232 valence electrons. The summed E-state index contributed by atoms with van der Waals surface area (Å²) in [5.41, 5.74) is 0.222. The van der Waals surface area contributed by atoms with Crippen molar-refractivity contribution < 1.29 is 32.6 Å². The summed E-state index contributed by atoms with van der Waals surface area (Å²) in [5, 5.41) is 11.3. The van der Waals surface area contributed by atoms with Crippen LogP contribution in [-0.4, -0.2) is 84.0 Å². The number of methoxy groups -OCH3 is 1. The molecule has 4 rings (SSSR count). The number of rotatable bonds is 10. The first-order valence-corrected chi connectivity index (χ1v) is 14.5. The minimum atomic E-state index is -2.70. The Morgan fingerprint density at radius 1 is 1.27 bits per heavy atom. The van der Waals surface area contributed by atoms with Gasteiger partial charge in [-0.15, -0.1) is 10.2 Å². The SMILES string of the molecule is C=N/C=C(OC)\C(=C/CC(F)F)c1cc(N2CCN(C(=O)OC(C)C)CC2=O)ncc1C(=O)Nc1nnc(C#CC2CC2)s1. The van der Waals surface area contributed by atoms with E-state index in [0.29, 0.717) is 10.9 Å². The second-order valence-corrected chi connectivity index (χ2v) is 11.0. The van der Waals surface area contributed by atoms with Crippen molar-refractivity contribution in [1.82, 2.24) is 20.1 Å². The highest BCUT2D eigenvalue weighted by atomic mass is 32.1. The molecule has 2 aromatic rings. The number of halogens is 2. The quantitative estimate of drug-likeness (QED) is 0.177. The summed E-state index contributed by atoms with van der Waals surface area (Å²) >= 11 is 1.09. The molecule has 1 aliphatic carbocycles. The van der Waals surface area contributed by atoms with E-state index in [-0.39, 0.29) is 59.1 Å². The van der Waals surface area contributed by atoms with E-state index in [9.17, 15) is 23.2 Å². The predicted molar refractivity (Wildman–Crippen MR) is 160 cm³/mol. The van der Waals surface area contributed by atoms with Crippen LogP contribution >= 0.6 is 11.3 Å². The van der Waals surface area contributed by atoms with E-state index < -0.39 is 30.8 Å². The average Bonchev–Trinajstić information content (AvgIpc) is 3.71. The number of amides is 3. The number of alkyl halides is 2. The van der Waals surface area contributed by atoms with Crippen molar-refractivity contribution in [2.24, 2.45) is 10.9 Å². The highest BCUT2D eigenvalue weighted by molar-refractivity contribution is 7.15. The fourth-order valence-corrected chi connectivity index (χ4v) is 4.69. The lowest BCUT2D eigenvalue weighted by Crippen LogP contribution is -2.53. The van der Waals surface area contributed by atoms with Gasteiger partial charge in [0.1, 0.15) is 18.1 Å². The van der Waals surface area contributed by atoms with Crippen LogP contribution in [0.5, 0.6) is 0 Å². The number of aromatic nitrogens is 3. The number of pyridine rings is 1. The minimum absolute atomic E-state index is 0.0197. The molecule has 12 nitrogen and oxygen atoms in total. The number of carbonyl (C=O) groups excluding carboxylic acids is 3. The number of hydrogen-bond donors (Lipinski definition) is 1. The Morgan fingerprint density at radius 3 is 2.68 bits per heavy atom. The zero-order valence-corrected chi connectivity index (χ0v) is 25.2. The van der Waals surface area contributed by atoms with Gasteiger partial charge in [-0.25, -0.2) is 18.6 Å². The number of ether oxygens (including phenoxy) is 2. The largest absolute Gasteiger partial charge is 0.495 e. The molecule has 0 atom stereocenters. The van der Waals surface area contributed by atoms with E-state index >= 15 is 0 Å². The first-order valence-electron chi connectivity index (χ1n) is 13.7. The zero-order chi connectivity index (χ0) is 31.8. The second-order valence-electron chi connectivity index (χ2n) is 10.0. The second kappa shape index (κ2) is 14.6. The molecule has 1 saturated carbocycles. The number of aliphatic imine (C=N–C) groups is 1. The molecule has 1 N–H and O–H groups in total. The highest BCUT2D eigenvalue weighted by Gasteiger charge is 2.31. The normalized spacial score (nSPS) is 15.7. The third-order valence-corrected chi connectivity index (χ3v) is 7.07. The maximum absolute atomic E-state index is 13.5. The number of carbonyl (C=O) groups is 3. The van der Waals surface area contributed by atoms with Gasteiger partial charge in [-0.05, 0) is 45.4 Å². The molecule has 0 spiro atoms. The third kappa shape index (κ3) is 8.44. The standard InChI is InChI=1S/C29H31F2N7O5S/c1-17(2)43-29(41)37-11-12-38(26(39)16-37)24-13-20(19(8-9-23(30)31)22(42-4)15-32-3)21(14-33-24)27(40)34-28-36-35-25(44-28)10-7-18-5-6-18/h8,13-15,17-18,23H,3,5-6,9,11-12,16H2,1-2,4H3,(H,34,36,40)/b19-8-,22-15+. The monoisotopic (exact) mass is 627 g/mol. The van der Waals surface area contributed by atoms with Gasteiger partial charge in [0, 0.05) is 42.8 Å². The summed E-state index contributed by atoms with van der Waals surface area (Å²) in [5.74, 6) is 5.46. The van der Waals surface area contributed by atoms with Crippen LogP contribution < -0.4 is 10.2 Å². The predicted octanol–water partition coefficient (Wildman–Crippen LogP) is 4.37. The van der Waals surface area contributed by atoms with Gasteiger partial charge >= 0.3 is 6.09 Å². The van der Waals surface area contributed by atoms with Gasteiger partial charge in [-0.3, -0.25) is 29.7 Å². The Morgan fingerprint density at radius 2 is 2.05 bits per heavy atom. The molecular weight excluding hydrogens is 596 g/mol. The summed E-state index contributed by atoms with van der Waals surface area (Å²) in [6.07, 6.45) is 1.42. The highest BCUT2D eigenvalue weighted by Crippen LogP contribution is 2.32. The Balaban J connectivity index is 1.69. The zero-order valence-electron chi connectivity index (χ0n) is 24.4. The Kier molecular flexibility index (Phi) is 10.7. The molecule has 2 fully saturated rings. The van der Waals surface area contributed by atoms with Gasteiger partial charge in [0.15, 0.2) is 5.01 Å². The number of nitrogens with one attached hydrogen (secondary N) is 1. The molecule has 0 aromatic carbocycles. The number of piperazine rings is 1. The molecular formula is C29H31F2N7O5S. The summed E-state index contributed by atoms with van der Waals surface area (Å²) in [6.45, 7) is 6.81. The first-order chi connectivity index (χ1) is 21.1. The topological polar surface area (TPSA) is 139 Å². The number of nitrogens with zero attached hydrogens (tertiary/aromatic N) is 6. The molecule has 3 amide bonds. The van der Waals surface area contributed by atoms with Crippen LogP contribution in [0.3, 0.4) is 0 Å². The van der Waals surface area contributed by atoms with Crippen LogP contribution in [-0.2, 0) is 14.3 Å². The molecule has 2 aliphatic rings. The lowest BCUT2D eigenvalue weighted by Gasteiger charge is -2.33. The summed E-state index contributed by atoms with van der Waals surface area (Å²) in [7, 11) is 1.32. The van der Waals surface area contributed by atoms with Crippen molar-refractivity contribution in [2.75, 3.05) is 37.0 Å². The van der Waals surface area contributed by atoms with Crippen LogP contribution in [0.25, 0.3) is 5.57 Å². The van der Waals surface area contributed by atoms with Gasteiger partial charge in [-0.2, -0.15) is 0 Å². The molecule has 3 heterocycles. The lowest BCUT2D eigenvalue weighted by atomic mass is 9.97. The van der Waals surface area contributed by atoms with Crippen LogP contribution in [0.15, 0.2) is 35.3 Å². The van der Waals surface area contributed by atoms with Gasteiger partial charge in [-0.1, -0.05) is 23.3 Å². The van der Waals surface area contributed by atoms with E-state index in [1.807, 2.05) is 0 Å². The van der Waals surface area contributed by atoms with Crippen molar-refractivity contribution >= 4 is 52.5 Å². The van der Waals surface area contributed by atoms with Crippen LogP contribution in [0.4, 0.5) is 24.5 Å². The van der Waals surface area contributed by atoms with E-state index in [0.717, 1.165) is 24.2 Å². The van der Waals surface area contributed by atoms with Crippen molar-refractivity contribution in [1.29, 1.82) is 0 Å². The van der Waals surface area contributed by atoms with E-state index in [1.54, 1.807) is 13.8 Å². The van der Waals surface area contributed by atoms with Crippen molar-refractivity contribution in [3.63, 3.8) is 0 Å². The van der Waals surface area contributed by atoms with Gasteiger partial charge in [0.25, 0.3) is 5.91 Å². The van der Waals surface area contributed by atoms with Crippen molar-refractivity contribution in [3.8, 4) is 11.8 Å². The fourth-order valence-electron chi connectivity index (χ4n) is 4.09. The molecule has 2 aromatic heterocycles. The van der Waals surface area contributed by atoms with Crippen LogP contribution in [0.1, 0.15) is 54.0 Å². The Labute approximate surface area is 256 Å². The summed E-state index contributed by atoms with van der Waals surface area (Å²) < 4.78 is 37.4. The lowest BCUT2D eigenvalue weighted by molar-refractivity contribution is -0.121. The summed E-state index contributed by atoms with van der Waals surface area (Å²) in [6, 6.07) is 1.43. The van der Waals surface area contributed by atoms with Gasteiger partial charge in [0.05, 0.1) is 25.0 Å². The number of anilines is 2. The molecule has 1 aliphatic heterocycles. The van der Waals surface area contributed by atoms with Crippen molar-refractivity contribution in [3.05, 3.63) is 46.4 Å². The molecule has 44 heavy (non-hydrogen) atoms. The van der Waals surface area contributed by atoms with Crippen LogP contribution in [0.2, 0.25) is 0 Å². The molecule has 0 bridgehead atoms. The maximum atomic E-state index is 13.5. The number of hydrogen-bond acceptors (Lipinski definition) is 10. The maximum Gasteiger partial charge on any atom is 0.410 e. The Hall–Kier alpha value is -4.71. The van der Waals surface area contributed by atoms with Gasteiger partial charge < -0.3 is 9.47 Å². The minimum Gasteiger partial charge on any atom is -0.495 e. The smallest absolute Gasteiger partial charge is 0.410 e. The molecule has 1 saturated heterocycles. The van der Waals surface area contributed by atoms with E-state index in [2.05, 4.69) is 44.0 Å². The molecule has 0 radical (unpaired) electrons. The van der Waals surface area contributed by atoms with E-state index in [1.165, 1.54) is 41.4 Å². The van der Waals surface area contributed by atoms with Crippen molar-refractivity contribution in [2.45, 2.75) is 45.6 Å². The first kappa shape index (κ1) is 32.2. The van der Waals surface area contributed by atoms with E-state index in [4.69, 9.17) is 9.47 Å². The van der Waals surface area contributed by atoms with Crippen LogP contribution in [0, 0.1) is 17.8 Å². The Bertz CT molecular complexity index is 1540. The molecule has 0 unspecified atom stereocenters. The fraction of sp³-hybridized carbons (Fsp3) is 0.414.